The van der Waals surface area contributed by atoms with Crippen LogP contribution in [0.15, 0.2) is 41.5 Å². The van der Waals surface area contributed by atoms with Gasteiger partial charge >= 0.3 is 5.97 Å². The lowest BCUT2D eigenvalue weighted by Crippen LogP contribution is -2.32. The van der Waals surface area contributed by atoms with Gasteiger partial charge in [-0.1, -0.05) is 29.4 Å². The molecule has 0 aromatic heterocycles. The minimum absolute atomic E-state index is 0.106. The molecule has 0 aliphatic rings. The molecule has 6 nitrogen and oxygen atoms in total. The fourth-order valence-electron chi connectivity index (χ4n) is 2.57. The van der Waals surface area contributed by atoms with Gasteiger partial charge in [-0.25, -0.2) is 4.79 Å². The van der Waals surface area contributed by atoms with Gasteiger partial charge in [0, 0.05) is 7.05 Å². The molecule has 154 valence electrons. The summed E-state index contributed by atoms with van der Waals surface area (Å²) in [5.41, 5.74) is 9.45. The van der Waals surface area contributed by atoms with E-state index in [9.17, 15) is 9.59 Å². The average Bonchev–Trinajstić information content (AvgIpc) is 2.64. The Bertz CT molecular complexity index is 734. The van der Waals surface area contributed by atoms with Crippen LogP contribution in [-0.4, -0.2) is 38.7 Å². The third-order valence-corrected chi connectivity index (χ3v) is 4.14. The first-order valence-electron chi connectivity index (χ1n) is 9.46. The fourth-order valence-corrected chi connectivity index (χ4v) is 2.57. The number of allylic oxidation sites excluding steroid dienone is 3. The van der Waals surface area contributed by atoms with Gasteiger partial charge in [-0.3, -0.25) is 4.79 Å². The molecule has 0 bridgehead atoms. The van der Waals surface area contributed by atoms with Gasteiger partial charge in [0.25, 0.3) is 5.91 Å². The van der Waals surface area contributed by atoms with Crippen LogP contribution >= 0.6 is 0 Å². The zero-order chi connectivity index (χ0) is 21.1. The van der Waals surface area contributed by atoms with Crippen LogP contribution in [0.4, 0.5) is 11.4 Å². The standard InChI is InChI=1S/C22H32N2O4/c1-6-28-22(26)18-11-8-12-19(23)21(18)24(5)20(25)15-27-14-13-17(4)10-7-9-16(2)3/h8-9,11-13H,6-7,10,14-15,23H2,1-5H3. The number of para-hydroxylation sites is 1. The molecule has 0 unspecified atom stereocenters. The van der Waals surface area contributed by atoms with Crippen molar-refractivity contribution in [3.8, 4) is 0 Å². The molecule has 0 atom stereocenters. The zero-order valence-electron chi connectivity index (χ0n) is 17.6. The van der Waals surface area contributed by atoms with Crippen molar-refractivity contribution >= 4 is 23.3 Å². The molecule has 0 heterocycles. The number of nitrogens with two attached hydrogens (primary N) is 1. The molecule has 0 radical (unpaired) electrons. The van der Waals surface area contributed by atoms with Crippen molar-refractivity contribution in [2.45, 2.75) is 40.5 Å². The number of ether oxygens (including phenoxy) is 2. The highest BCUT2D eigenvalue weighted by Crippen LogP contribution is 2.28. The zero-order valence-corrected chi connectivity index (χ0v) is 17.6. The van der Waals surface area contributed by atoms with E-state index < -0.39 is 5.97 Å². The second-order valence-corrected chi connectivity index (χ2v) is 6.80. The molecule has 1 amide bonds. The van der Waals surface area contributed by atoms with Gasteiger partial charge in [0.15, 0.2) is 0 Å². The largest absolute Gasteiger partial charge is 0.462 e. The number of anilines is 2. The van der Waals surface area contributed by atoms with E-state index in [2.05, 4.69) is 19.9 Å². The fraction of sp³-hybridized carbons (Fsp3) is 0.455. The van der Waals surface area contributed by atoms with Crippen molar-refractivity contribution in [1.82, 2.24) is 0 Å². The number of likely N-dealkylation sites (N-methyl/N-ethyl adjacent to an activating group) is 1. The Morgan fingerprint density at radius 1 is 1.18 bits per heavy atom. The molecule has 1 rings (SSSR count). The second-order valence-electron chi connectivity index (χ2n) is 6.80. The summed E-state index contributed by atoms with van der Waals surface area (Å²) in [7, 11) is 1.57. The van der Waals surface area contributed by atoms with Crippen molar-refractivity contribution in [2.75, 3.05) is 37.5 Å². The maximum absolute atomic E-state index is 12.5. The number of rotatable bonds is 10. The number of carbonyl (C=O) groups is 2. The highest BCUT2D eigenvalue weighted by molar-refractivity contribution is 6.06. The summed E-state index contributed by atoms with van der Waals surface area (Å²) in [5, 5.41) is 0. The number of hydrogen-bond donors (Lipinski definition) is 1. The summed E-state index contributed by atoms with van der Waals surface area (Å²) in [6.45, 7) is 8.43. The summed E-state index contributed by atoms with van der Waals surface area (Å²) < 4.78 is 10.5. The lowest BCUT2D eigenvalue weighted by atomic mass is 10.1. The predicted octanol–water partition coefficient (Wildman–Crippen LogP) is 4.12. The van der Waals surface area contributed by atoms with E-state index in [1.165, 1.54) is 16.0 Å². The number of benzene rings is 1. The second kappa shape index (κ2) is 12.0. The number of esters is 1. The van der Waals surface area contributed by atoms with E-state index in [-0.39, 0.29) is 24.7 Å². The molecule has 0 saturated heterocycles. The van der Waals surface area contributed by atoms with E-state index in [0.717, 1.165) is 12.8 Å². The Balaban J connectivity index is 2.66. The van der Waals surface area contributed by atoms with Crippen molar-refractivity contribution in [3.63, 3.8) is 0 Å². The molecule has 0 spiro atoms. The molecule has 0 fully saturated rings. The summed E-state index contributed by atoms with van der Waals surface area (Å²) in [6.07, 6.45) is 6.14. The molecular formula is C22H32N2O4. The molecule has 1 aromatic carbocycles. The normalized spacial score (nSPS) is 11.1. The maximum atomic E-state index is 12.5. The first-order chi connectivity index (χ1) is 13.3. The number of hydrogen-bond acceptors (Lipinski definition) is 5. The van der Waals surface area contributed by atoms with Crippen LogP contribution in [-0.2, 0) is 14.3 Å². The lowest BCUT2D eigenvalue weighted by Gasteiger charge is -2.21. The Labute approximate surface area is 168 Å². The van der Waals surface area contributed by atoms with Gasteiger partial charge in [0.2, 0.25) is 0 Å². The van der Waals surface area contributed by atoms with Crippen LogP contribution in [0.2, 0.25) is 0 Å². The minimum atomic E-state index is -0.514. The van der Waals surface area contributed by atoms with Gasteiger partial charge in [0.05, 0.1) is 30.2 Å². The topological polar surface area (TPSA) is 81.9 Å². The van der Waals surface area contributed by atoms with Crippen LogP contribution in [0.25, 0.3) is 0 Å². The first-order valence-corrected chi connectivity index (χ1v) is 9.46. The number of carbonyl (C=O) groups excluding carboxylic acids is 2. The Morgan fingerprint density at radius 2 is 1.89 bits per heavy atom. The molecule has 0 aliphatic carbocycles. The molecule has 2 N–H and O–H groups in total. The Kier molecular flexibility index (Phi) is 10.0. The number of nitrogens with zero attached hydrogens (tertiary/aromatic N) is 1. The van der Waals surface area contributed by atoms with Crippen LogP contribution < -0.4 is 10.6 Å². The van der Waals surface area contributed by atoms with E-state index in [1.807, 2.05) is 13.0 Å². The van der Waals surface area contributed by atoms with Gasteiger partial charge < -0.3 is 20.1 Å². The Hall–Kier alpha value is -2.60. The van der Waals surface area contributed by atoms with Crippen LogP contribution in [0.3, 0.4) is 0 Å². The monoisotopic (exact) mass is 388 g/mol. The van der Waals surface area contributed by atoms with Crippen molar-refractivity contribution < 1.29 is 19.1 Å². The molecular weight excluding hydrogens is 356 g/mol. The first kappa shape index (κ1) is 23.4. The van der Waals surface area contributed by atoms with Gasteiger partial charge in [-0.15, -0.1) is 0 Å². The highest BCUT2D eigenvalue weighted by atomic mass is 16.5. The van der Waals surface area contributed by atoms with Crippen LogP contribution in [0.1, 0.15) is 50.9 Å². The SMILES string of the molecule is CCOC(=O)c1cccc(N)c1N(C)C(=O)COCC=C(C)CCC=C(C)C. The minimum Gasteiger partial charge on any atom is -0.462 e. The highest BCUT2D eigenvalue weighted by Gasteiger charge is 2.21. The number of nitrogen functional groups attached to an aromatic ring is 1. The van der Waals surface area contributed by atoms with E-state index in [1.54, 1.807) is 32.2 Å². The van der Waals surface area contributed by atoms with Crippen molar-refractivity contribution in [2.24, 2.45) is 0 Å². The summed E-state index contributed by atoms with van der Waals surface area (Å²) in [4.78, 5) is 26.0. The number of amides is 1. The summed E-state index contributed by atoms with van der Waals surface area (Å²) >= 11 is 0. The quantitative estimate of drug-likeness (QED) is 0.282. The molecule has 1 aromatic rings. The van der Waals surface area contributed by atoms with Crippen molar-refractivity contribution in [1.29, 1.82) is 0 Å². The maximum Gasteiger partial charge on any atom is 0.340 e. The van der Waals surface area contributed by atoms with Crippen LogP contribution in [0, 0.1) is 0 Å². The van der Waals surface area contributed by atoms with Gasteiger partial charge in [-0.05, 0) is 52.7 Å². The van der Waals surface area contributed by atoms with Gasteiger partial charge in [-0.2, -0.15) is 0 Å². The van der Waals surface area contributed by atoms with E-state index in [0.29, 0.717) is 18.0 Å². The third-order valence-electron chi connectivity index (χ3n) is 4.14. The molecule has 0 saturated carbocycles. The van der Waals surface area contributed by atoms with Crippen molar-refractivity contribution in [3.05, 3.63) is 47.1 Å². The smallest absolute Gasteiger partial charge is 0.340 e. The summed E-state index contributed by atoms with van der Waals surface area (Å²) in [6, 6.07) is 4.89. The van der Waals surface area contributed by atoms with E-state index >= 15 is 0 Å². The average molecular weight is 389 g/mol. The van der Waals surface area contributed by atoms with Crippen LogP contribution in [0.5, 0.6) is 0 Å². The molecule has 6 heteroatoms. The van der Waals surface area contributed by atoms with E-state index in [4.69, 9.17) is 15.2 Å². The predicted molar refractivity (Wildman–Crippen MR) is 113 cm³/mol. The molecule has 0 aliphatic heterocycles. The Morgan fingerprint density at radius 3 is 2.54 bits per heavy atom. The third kappa shape index (κ3) is 7.56. The molecule has 28 heavy (non-hydrogen) atoms. The summed E-state index contributed by atoms with van der Waals surface area (Å²) in [5.74, 6) is -0.806. The van der Waals surface area contributed by atoms with Gasteiger partial charge in [0.1, 0.15) is 6.61 Å². The lowest BCUT2D eigenvalue weighted by molar-refractivity contribution is -0.122.